The molecule has 0 saturated heterocycles. The average molecular weight is 1300 g/mol. The molecule has 10 rings (SSSR count). The molecule has 13 nitrogen and oxygen atoms in total. The number of rotatable bonds is 8. The number of benzene rings is 5. The van der Waals surface area contributed by atoms with E-state index >= 15 is 0 Å². The topological polar surface area (TPSA) is 149 Å². The fourth-order valence-corrected chi connectivity index (χ4v) is 11.1. The molecule has 96 heavy (non-hydrogen) atoms. The van der Waals surface area contributed by atoms with E-state index in [-0.39, 0.29) is 60.9 Å². The molecule has 0 saturated carbocycles. The summed E-state index contributed by atoms with van der Waals surface area (Å²) in [6, 6.07) is 41.1. The molecule has 0 radical (unpaired) electrons. The summed E-state index contributed by atoms with van der Waals surface area (Å²) >= 11 is 0. The third-order valence-electron chi connectivity index (χ3n) is 17.1. The molecular formula is C82H103FN8O5. The second kappa shape index (κ2) is 31.1. The van der Waals surface area contributed by atoms with Gasteiger partial charge in [-0.1, -0.05) is 242 Å². The maximum atomic E-state index is 13.7. The first-order valence-electron chi connectivity index (χ1n) is 33.0. The summed E-state index contributed by atoms with van der Waals surface area (Å²) in [7, 11) is 7.21. The van der Waals surface area contributed by atoms with Crippen LogP contribution < -0.4 is 22.2 Å². The smallest absolute Gasteiger partial charge is 0.275 e. The minimum Gasteiger partial charge on any atom is -0.299 e. The summed E-state index contributed by atoms with van der Waals surface area (Å²) in [5.74, 6) is 2.06. The Hall–Kier alpha value is -9.17. The minimum atomic E-state index is -0.276. The highest BCUT2D eigenvalue weighted by atomic mass is 19.1. The number of aryl methyl sites for hydroxylation is 3. The van der Waals surface area contributed by atoms with E-state index in [4.69, 9.17) is 0 Å². The molecule has 0 spiro atoms. The molecule has 1 aliphatic carbocycles. The van der Waals surface area contributed by atoms with Crippen molar-refractivity contribution in [3.05, 3.63) is 295 Å². The van der Waals surface area contributed by atoms with Crippen LogP contribution in [-0.2, 0) is 73.9 Å². The lowest BCUT2D eigenvalue weighted by Gasteiger charge is -2.25. The van der Waals surface area contributed by atoms with Gasteiger partial charge in [-0.25, -0.2) is 24.0 Å². The molecule has 0 aliphatic heterocycles. The number of carbonyl (C=O) groups excluding carboxylic acids is 1. The predicted molar refractivity (Wildman–Crippen MR) is 392 cm³/mol. The maximum Gasteiger partial charge on any atom is 0.275 e. The lowest BCUT2D eigenvalue weighted by molar-refractivity contribution is -0.111. The number of allylic oxidation sites excluding steroid dienone is 4. The van der Waals surface area contributed by atoms with Crippen molar-refractivity contribution in [3.63, 3.8) is 0 Å². The zero-order chi connectivity index (χ0) is 71.6. The van der Waals surface area contributed by atoms with Crippen molar-refractivity contribution in [2.75, 3.05) is 0 Å². The van der Waals surface area contributed by atoms with Crippen LogP contribution in [0.3, 0.4) is 0 Å². The molecule has 1 aliphatic rings. The van der Waals surface area contributed by atoms with Crippen LogP contribution in [-0.4, -0.2) is 43.8 Å². The number of aromatic nitrogens is 8. The van der Waals surface area contributed by atoms with E-state index < -0.39 is 0 Å². The van der Waals surface area contributed by atoms with E-state index in [0.29, 0.717) is 36.2 Å². The summed E-state index contributed by atoms with van der Waals surface area (Å²) in [6.07, 6.45) is 11.7. The molecule has 508 valence electrons. The number of Topliss-reactive ketones (excluding diaryl/α,β-unsaturated/α-hetero) is 1. The molecule has 0 N–H and O–H groups in total. The number of hydrogen-bond acceptors (Lipinski definition) is 8. The highest BCUT2D eigenvalue weighted by Crippen LogP contribution is 2.35. The monoisotopic (exact) mass is 1300 g/mol. The van der Waals surface area contributed by atoms with Crippen LogP contribution in [0.1, 0.15) is 195 Å². The molecule has 0 atom stereocenters. The first-order chi connectivity index (χ1) is 44.6. The Balaban J connectivity index is 0.000000190. The third kappa shape index (κ3) is 19.5. The molecule has 4 heterocycles. The third-order valence-corrected chi connectivity index (χ3v) is 17.1. The van der Waals surface area contributed by atoms with Gasteiger partial charge < -0.3 is 0 Å². The van der Waals surface area contributed by atoms with Gasteiger partial charge in [0.25, 0.3) is 22.2 Å². The Morgan fingerprint density at radius 3 is 1.20 bits per heavy atom. The molecule has 0 fully saturated rings. The molecular weight excluding hydrogens is 1200 g/mol. The zero-order valence-electron chi connectivity index (χ0n) is 61.3. The van der Waals surface area contributed by atoms with E-state index in [2.05, 4.69) is 113 Å². The van der Waals surface area contributed by atoms with E-state index in [0.717, 1.165) is 68.4 Å². The second-order valence-electron chi connectivity index (χ2n) is 30.3. The van der Waals surface area contributed by atoms with Crippen molar-refractivity contribution in [1.82, 2.24) is 38.0 Å². The van der Waals surface area contributed by atoms with Gasteiger partial charge in [-0.3, -0.25) is 42.4 Å². The Bertz CT molecular complexity index is 4490. The summed E-state index contributed by atoms with van der Waals surface area (Å²) in [5, 5.41) is 0. The fourth-order valence-electron chi connectivity index (χ4n) is 11.1. The van der Waals surface area contributed by atoms with Crippen molar-refractivity contribution in [1.29, 1.82) is 0 Å². The van der Waals surface area contributed by atoms with Gasteiger partial charge in [0.05, 0.1) is 5.69 Å². The standard InChI is InChI=1S/C17H22N2O.C17H20O.C16H19FN2O.C16H22N2O.C16H20N2O/c1-12-6-8-13(9-7-12)10-15-18-11-14(17(2,3)4)16(20)19(15)5;1-12-8-10-13(11-9-12)14-6-5-7-15(16(14)18)17(2,3)4;1-16(2,3)12-10-18-14(19(4)15(12)20)9-11-7-5-6-8-13(11)17;1-11-7-9-13(10-8-11)18-15(19)14(16(3,4)5)12(2)17(18)6;1-16(2,3)13-11-17-14(18(4)15(13)19)10-12-8-6-5-7-9-12/h6-9,11H,10H2,1-5H3;6-11H,5H2,1-4H3;5-8,10H,9H2,1-4H3;7-10H,1-6H3;5-9,11H,10H2,1-4H3. The van der Waals surface area contributed by atoms with E-state index in [1.807, 2.05) is 161 Å². The number of carbonyl (C=O) groups is 1. The predicted octanol–water partition coefficient (Wildman–Crippen LogP) is 15.9. The minimum absolute atomic E-state index is 0.0495. The fraction of sp³-hybridized carbons (Fsp3) is 0.390. The quantitative estimate of drug-likeness (QED) is 0.146. The van der Waals surface area contributed by atoms with Gasteiger partial charge in [0.2, 0.25) is 0 Å². The van der Waals surface area contributed by atoms with Gasteiger partial charge in [0.1, 0.15) is 23.3 Å². The van der Waals surface area contributed by atoms with Gasteiger partial charge in [-0.15, -0.1) is 0 Å². The van der Waals surface area contributed by atoms with Crippen LogP contribution in [0.5, 0.6) is 0 Å². The van der Waals surface area contributed by atoms with Gasteiger partial charge in [0.15, 0.2) is 5.78 Å². The van der Waals surface area contributed by atoms with E-state index in [9.17, 15) is 28.4 Å². The van der Waals surface area contributed by atoms with Crippen LogP contribution in [0.4, 0.5) is 4.39 Å². The maximum absolute atomic E-state index is 13.7. The second-order valence-corrected chi connectivity index (χ2v) is 30.3. The number of ketones is 1. The number of hydrogen-bond donors (Lipinski definition) is 0. The van der Waals surface area contributed by atoms with Crippen molar-refractivity contribution < 1.29 is 9.18 Å². The van der Waals surface area contributed by atoms with Crippen molar-refractivity contribution in [2.45, 2.75) is 179 Å². The molecule has 14 heteroatoms. The summed E-state index contributed by atoms with van der Waals surface area (Å²) in [4.78, 5) is 75.6. The zero-order valence-corrected chi connectivity index (χ0v) is 61.3. The number of halogens is 1. The Morgan fingerprint density at radius 1 is 0.417 bits per heavy atom. The van der Waals surface area contributed by atoms with Gasteiger partial charge in [-0.2, -0.15) is 0 Å². The largest absolute Gasteiger partial charge is 0.299 e. The Labute approximate surface area is 569 Å². The van der Waals surface area contributed by atoms with E-state index in [1.165, 1.54) is 32.9 Å². The number of nitrogens with zero attached hydrogens (tertiary/aromatic N) is 8. The summed E-state index contributed by atoms with van der Waals surface area (Å²) in [5.41, 5.74) is 13.6. The molecule has 0 bridgehead atoms. The van der Waals surface area contributed by atoms with Gasteiger partial charge in [-0.05, 0) is 102 Å². The normalized spacial score (nSPS) is 12.6. The lowest BCUT2D eigenvalue weighted by Crippen LogP contribution is -2.31. The van der Waals surface area contributed by atoms with Crippen molar-refractivity contribution >= 4 is 11.4 Å². The SMILES string of the molecule is Cc1ccc(-n2c(=O)c(C(C)(C)C)c(C)n2C)cc1.Cc1ccc(C2=CCC=C(C(C)(C)C)C2=O)cc1.Cc1ccc(Cc2ncc(C(C)(C)C)c(=O)n2C)cc1.Cn1c(Cc2ccccc2)ncc(C(C)(C)C)c1=O.Cn1c(Cc2ccccc2F)ncc(C(C)(C)C)c1=O. The molecule has 0 amide bonds. The van der Waals surface area contributed by atoms with Crippen molar-refractivity contribution in [3.8, 4) is 5.69 Å². The van der Waals surface area contributed by atoms with E-state index in [1.54, 1.807) is 71.7 Å². The molecule has 9 aromatic rings. The van der Waals surface area contributed by atoms with Crippen LogP contribution in [0, 0.1) is 38.9 Å². The highest BCUT2D eigenvalue weighted by Gasteiger charge is 2.30. The molecule has 5 aromatic carbocycles. The average Bonchev–Trinajstić information content (AvgIpc) is 1.66. The highest BCUT2D eigenvalue weighted by molar-refractivity contribution is 6.29. The van der Waals surface area contributed by atoms with Gasteiger partial charge in [0, 0.05) is 105 Å². The summed E-state index contributed by atoms with van der Waals surface area (Å²) in [6.45, 7) is 38.8. The Kier molecular flexibility index (Phi) is 24.6. The van der Waals surface area contributed by atoms with Crippen LogP contribution in [0.25, 0.3) is 11.3 Å². The first-order valence-corrected chi connectivity index (χ1v) is 33.0. The van der Waals surface area contributed by atoms with Crippen LogP contribution in [0.15, 0.2) is 183 Å². The molecule has 4 aromatic heterocycles. The Morgan fingerprint density at radius 2 is 0.802 bits per heavy atom. The van der Waals surface area contributed by atoms with Crippen LogP contribution >= 0.6 is 0 Å². The first kappa shape index (κ1) is 75.9. The summed E-state index contributed by atoms with van der Waals surface area (Å²) < 4.78 is 22.2. The lowest BCUT2D eigenvalue weighted by atomic mass is 9.78. The van der Waals surface area contributed by atoms with Gasteiger partial charge >= 0.3 is 0 Å². The van der Waals surface area contributed by atoms with Crippen molar-refractivity contribution in [2.24, 2.45) is 33.6 Å². The van der Waals surface area contributed by atoms with Crippen LogP contribution in [0.2, 0.25) is 0 Å². The molecule has 0 unspecified atom stereocenters.